The standard InChI is InChI=1S/C18H28FNS/c19-15-10-9-11-16(14-15)21-18-13-8-6-4-2-1-3-5-7-12-17(18)20/h9-11,14,17-18H,1-8,12-13,20H2. The molecule has 0 spiro atoms. The summed E-state index contributed by atoms with van der Waals surface area (Å²) in [6, 6.07) is 7.16. The van der Waals surface area contributed by atoms with Crippen molar-refractivity contribution in [2.45, 2.75) is 80.4 Å². The first-order valence-corrected chi connectivity index (χ1v) is 9.31. The number of nitrogens with two attached hydrogens (primary N) is 1. The third-order valence-electron chi connectivity index (χ3n) is 4.34. The van der Waals surface area contributed by atoms with Crippen LogP contribution in [0.4, 0.5) is 4.39 Å². The van der Waals surface area contributed by atoms with Crippen LogP contribution in [0.3, 0.4) is 0 Å². The maximum absolute atomic E-state index is 13.3. The van der Waals surface area contributed by atoms with Crippen LogP contribution < -0.4 is 5.73 Å². The Bertz CT molecular complexity index is 410. The maximum atomic E-state index is 13.3. The van der Waals surface area contributed by atoms with Gasteiger partial charge in [0.15, 0.2) is 0 Å². The molecule has 2 rings (SSSR count). The van der Waals surface area contributed by atoms with Gasteiger partial charge in [-0.25, -0.2) is 4.39 Å². The highest BCUT2D eigenvalue weighted by atomic mass is 32.2. The fraction of sp³-hybridized carbons (Fsp3) is 0.667. The minimum Gasteiger partial charge on any atom is -0.327 e. The van der Waals surface area contributed by atoms with Crippen LogP contribution in [-0.4, -0.2) is 11.3 Å². The summed E-state index contributed by atoms with van der Waals surface area (Å²) in [6.45, 7) is 0. The largest absolute Gasteiger partial charge is 0.327 e. The van der Waals surface area contributed by atoms with Crippen LogP contribution in [0, 0.1) is 5.82 Å². The molecule has 1 aliphatic carbocycles. The number of hydrogen-bond donors (Lipinski definition) is 1. The highest BCUT2D eigenvalue weighted by Crippen LogP contribution is 2.31. The Labute approximate surface area is 132 Å². The van der Waals surface area contributed by atoms with E-state index in [0.717, 1.165) is 17.7 Å². The van der Waals surface area contributed by atoms with Gasteiger partial charge in [-0.1, -0.05) is 57.4 Å². The molecule has 0 aromatic heterocycles. The summed E-state index contributed by atoms with van der Waals surface area (Å²) in [7, 11) is 0. The molecule has 1 aromatic carbocycles. The molecule has 0 saturated heterocycles. The molecular formula is C18H28FNS. The zero-order valence-electron chi connectivity index (χ0n) is 12.9. The molecule has 2 unspecified atom stereocenters. The van der Waals surface area contributed by atoms with Gasteiger partial charge in [0.25, 0.3) is 0 Å². The fourth-order valence-corrected chi connectivity index (χ4v) is 4.33. The molecule has 2 N–H and O–H groups in total. The highest BCUT2D eigenvalue weighted by Gasteiger charge is 2.19. The second kappa shape index (κ2) is 9.47. The molecule has 0 radical (unpaired) electrons. The Kier molecular flexibility index (Phi) is 7.59. The van der Waals surface area contributed by atoms with E-state index in [0.29, 0.717) is 5.25 Å². The number of benzene rings is 1. The molecule has 118 valence electrons. The molecular weight excluding hydrogens is 281 g/mol. The van der Waals surface area contributed by atoms with Crippen molar-refractivity contribution in [1.29, 1.82) is 0 Å². The minimum atomic E-state index is -0.151. The normalized spacial score (nSPS) is 25.8. The van der Waals surface area contributed by atoms with E-state index in [-0.39, 0.29) is 11.9 Å². The predicted molar refractivity (Wildman–Crippen MR) is 90.2 cm³/mol. The fourth-order valence-electron chi connectivity index (χ4n) is 3.05. The van der Waals surface area contributed by atoms with Gasteiger partial charge in [-0.15, -0.1) is 11.8 Å². The lowest BCUT2D eigenvalue weighted by Gasteiger charge is -2.24. The first-order valence-electron chi connectivity index (χ1n) is 8.43. The number of thioether (sulfide) groups is 1. The van der Waals surface area contributed by atoms with Crippen LogP contribution in [0.15, 0.2) is 29.2 Å². The Balaban J connectivity index is 1.94. The summed E-state index contributed by atoms with van der Waals surface area (Å²) >= 11 is 1.77. The van der Waals surface area contributed by atoms with Crippen LogP contribution in [0.2, 0.25) is 0 Å². The van der Waals surface area contributed by atoms with Crippen molar-refractivity contribution < 1.29 is 4.39 Å². The summed E-state index contributed by atoms with van der Waals surface area (Å²) < 4.78 is 13.3. The first kappa shape index (κ1) is 16.8. The van der Waals surface area contributed by atoms with Crippen LogP contribution in [-0.2, 0) is 0 Å². The Hall–Kier alpha value is -0.540. The smallest absolute Gasteiger partial charge is 0.124 e. The molecule has 1 nitrogen and oxygen atoms in total. The number of hydrogen-bond acceptors (Lipinski definition) is 2. The lowest BCUT2D eigenvalue weighted by Crippen LogP contribution is -2.32. The molecule has 0 aliphatic heterocycles. The second-order valence-corrected chi connectivity index (χ2v) is 7.50. The van der Waals surface area contributed by atoms with Gasteiger partial charge in [0.05, 0.1) is 0 Å². The van der Waals surface area contributed by atoms with E-state index >= 15 is 0 Å². The van der Waals surface area contributed by atoms with E-state index in [1.165, 1.54) is 57.4 Å². The lowest BCUT2D eigenvalue weighted by atomic mass is 9.98. The molecule has 2 atom stereocenters. The summed E-state index contributed by atoms with van der Waals surface area (Å²) in [5.41, 5.74) is 6.43. The third kappa shape index (κ3) is 6.39. The van der Waals surface area contributed by atoms with Crippen molar-refractivity contribution in [2.75, 3.05) is 0 Å². The van der Waals surface area contributed by atoms with Crippen molar-refractivity contribution in [3.8, 4) is 0 Å². The van der Waals surface area contributed by atoms with E-state index in [1.807, 2.05) is 6.07 Å². The summed E-state index contributed by atoms with van der Waals surface area (Å²) in [5.74, 6) is -0.151. The van der Waals surface area contributed by atoms with E-state index in [9.17, 15) is 4.39 Å². The number of rotatable bonds is 2. The monoisotopic (exact) mass is 309 g/mol. The van der Waals surface area contributed by atoms with Gasteiger partial charge in [-0.2, -0.15) is 0 Å². The topological polar surface area (TPSA) is 26.0 Å². The molecule has 0 bridgehead atoms. The van der Waals surface area contributed by atoms with Crippen molar-refractivity contribution in [2.24, 2.45) is 5.73 Å². The number of halogens is 1. The summed E-state index contributed by atoms with van der Waals surface area (Å²) in [5, 5.41) is 0.422. The minimum absolute atomic E-state index is 0.151. The maximum Gasteiger partial charge on any atom is 0.124 e. The van der Waals surface area contributed by atoms with Gasteiger partial charge in [-0.3, -0.25) is 0 Å². The van der Waals surface area contributed by atoms with E-state index in [2.05, 4.69) is 0 Å². The quantitative estimate of drug-likeness (QED) is 0.777. The molecule has 1 fully saturated rings. The average molecular weight is 309 g/mol. The second-order valence-electron chi connectivity index (χ2n) is 6.18. The zero-order chi connectivity index (χ0) is 14.9. The average Bonchev–Trinajstić information content (AvgIpc) is 2.46. The summed E-state index contributed by atoms with van der Waals surface area (Å²) in [4.78, 5) is 1.02. The molecule has 0 heterocycles. The molecule has 21 heavy (non-hydrogen) atoms. The first-order chi connectivity index (χ1) is 10.3. The SMILES string of the molecule is NC1CCCCCCCCCCC1Sc1cccc(F)c1. The third-order valence-corrected chi connectivity index (χ3v) is 5.75. The molecule has 1 aromatic rings. The summed E-state index contributed by atoms with van der Waals surface area (Å²) in [6.07, 6.45) is 12.8. The van der Waals surface area contributed by atoms with Gasteiger partial charge in [0.1, 0.15) is 5.82 Å². The van der Waals surface area contributed by atoms with Crippen molar-refractivity contribution >= 4 is 11.8 Å². The van der Waals surface area contributed by atoms with Crippen molar-refractivity contribution in [3.05, 3.63) is 30.1 Å². The van der Waals surface area contributed by atoms with Crippen LogP contribution >= 0.6 is 11.8 Å². The van der Waals surface area contributed by atoms with Gasteiger partial charge in [0, 0.05) is 16.2 Å². The zero-order valence-corrected chi connectivity index (χ0v) is 13.7. The molecule has 1 saturated carbocycles. The van der Waals surface area contributed by atoms with E-state index in [1.54, 1.807) is 23.9 Å². The Morgan fingerprint density at radius 3 is 2.19 bits per heavy atom. The molecule has 0 amide bonds. The van der Waals surface area contributed by atoms with Crippen LogP contribution in [0.5, 0.6) is 0 Å². The van der Waals surface area contributed by atoms with E-state index in [4.69, 9.17) is 5.73 Å². The van der Waals surface area contributed by atoms with Gasteiger partial charge in [-0.05, 0) is 31.0 Å². The van der Waals surface area contributed by atoms with Crippen molar-refractivity contribution in [1.82, 2.24) is 0 Å². The predicted octanol–water partition coefficient (Wildman–Crippen LogP) is 5.53. The van der Waals surface area contributed by atoms with Gasteiger partial charge < -0.3 is 5.73 Å². The molecule has 3 heteroatoms. The van der Waals surface area contributed by atoms with Crippen LogP contribution in [0.25, 0.3) is 0 Å². The van der Waals surface area contributed by atoms with E-state index < -0.39 is 0 Å². The van der Waals surface area contributed by atoms with Gasteiger partial charge in [0.2, 0.25) is 0 Å². The Morgan fingerprint density at radius 1 is 0.905 bits per heavy atom. The highest BCUT2D eigenvalue weighted by molar-refractivity contribution is 8.00. The van der Waals surface area contributed by atoms with Gasteiger partial charge >= 0.3 is 0 Å². The van der Waals surface area contributed by atoms with Crippen LogP contribution in [0.1, 0.15) is 64.2 Å². The lowest BCUT2D eigenvalue weighted by molar-refractivity contribution is 0.473. The molecule has 1 aliphatic rings. The Morgan fingerprint density at radius 2 is 1.52 bits per heavy atom. The van der Waals surface area contributed by atoms with Crippen molar-refractivity contribution in [3.63, 3.8) is 0 Å².